The summed E-state index contributed by atoms with van der Waals surface area (Å²) in [6.07, 6.45) is 4.15. The smallest absolute Gasteiger partial charge is 0.137 e. The van der Waals surface area contributed by atoms with E-state index < -0.39 is 0 Å². The van der Waals surface area contributed by atoms with Crippen molar-refractivity contribution in [2.45, 2.75) is 26.1 Å². The SMILES string of the molecule is COc1c(-c2ccc(N3CC(C)O[C@H](C)C3)nc2)cnc2c(-c3ccc(N)cc3)cccc12. The van der Waals surface area contributed by atoms with Crippen LogP contribution in [-0.4, -0.2) is 42.4 Å². The summed E-state index contributed by atoms with van der Waals surface area (Å²) in [5.74, 6) is 1.75. The van der Waals surface area contributed by atoms with Gasteiger partial charge in [0.1, 0.15) is 11.6 Å². The standard InChI is InChI=1S/C27H28N4O2/c1-17-15-31(16-18(2)33-17)25-12-9-20(13-29-25)24-14-30-26-22(19-7-10-21(28)11-8-19)5-4-6-23(26)27(24)32-3/h4-14,17-18H,15-16,28H2,1-3H3/t17-,18?/m1/s1. The third-order valence-electron chi connectivity index (χ3n) is 6.08. The van der Waals surface area contributed by atoms with Crippen LogP contribution in [0.2, 0.25) is 0 Å². The number of benzene rings is 2. The summed E-state index contributed by atoms with van der Waals surface area (Å²) in [5.41, 5.74) is 11.5. The van der Waals surface area contributed by atoms with Crippen LogP contribution in [0.15, 0.2) is 67.0 Å². The van der Waals surface area contributed by atoms with Crippen molar-refractivity contribution in [3.05, 3.63) is 67.0 Å². The average Bonchev–Trinajstić information content (AvgIpc) is 2.83. The molecule has 3 heterocycles. The Morgan fingerprint density at radius 3 is 2.27 bits per heavy atom. The molecule has 1 aliphatic heterocycles. The number of nitrogen functional groups attached to an aromatic ring is 1. The van der Waals surface area contributed by atoms with E-state index in [1.165, 1.54) is 0 Å². The molecule has 0 amide bonds. The Labute approximate surface area is 194 Å². The van der Waals surface area contributed by atoms with Gasteiger partial charge in [-0.25, -0.2) is 4.98 Å². The molecule has 6 heteroatoms. The van der Waals surface area contributed by atoms with Crippen LogP contribution in [0.3, 0.4) is 0 Å². The summed E-state index contributed by atoms with van der Waals surface area (Å²) in [7, 11) is 1.70. The molecule has 0 bridgehead atoms. The van der Waals surface area contributed by atoms with Crippen LogP contribution in [0, 0.1) is 0 Å². The molecule has 6 nitrogen and oxygen atoms in total. The number of anilines is 2. The fourth-order valence-corrected chi connectivity index (χ4v) is 4.62. The van der Waals surface area contributed by atoms with Crippen LogP contribution in [0.25, 0.3) is 33.2 Å². The Morgan fingerprint density at radius 1 is 0.879 bits per heavy atom. The highest BCUT2D eigenvalue weighted by molar-refractivity contribution is 6.00. The van der Waals surface area contributed by atoms with E-state index >= 15 is 0 Å². The van der Waals surface area contributed by atoms with Gasteiger partial charge in [0.05, 0.1) is 24.8 Å². The molecule has 2 aromatic carbocycles. The zero-order valence-corrected chi connectivity index (χ0v) is 19.2. The molecule has 1 saturated heterocycles. The number of pyridine rings is 2. The highest BCUT2D eigenvalue weighted by atomic mass is 16.5. The zero-order chi connectivity index (χ0) is 22.9. The summed E-state index contributed by atoms with van der Waals surface area (Å²) < 4.78 is 11.7. The average molecular weight is 441 g/mol. The van der Waals surface area contributed by atoms with E-state index in [4.69, 9.17) is 25.2 Å². The van der Waals surface area contributed by atoms with Crippen LogP contribution in [0.5, 0.6) is 5.75 Å². The highest BCUT2D eigenvalue weighted by Gasteiger charge is 2.23. The second-order valence-electron chi connectivity index (χ2n) is 8.60. The van der Waals surface area contributed by atoms with Crippen molar-refractivity contribution in [3.63, 3.8) is 0 Å². The van der Waals surface area contributed by atoms with Crippen LogP contribution in [0.1, 0.15) is 13.8 Å². The first kappa shape index (κ1) is 21.2. The maximum Gasteiger partial charge on any atom is 0.137 e. The topological polar surface area (TPSA) is 73.5 Å². The third-order valence-corrected chi connectivity index (χ3v) is 6.08. The monoisotopic (exact) mass is 440 g/mol. The Morgan fingerprint density at radius 2 is 1.61 bits per heavy atom. The van der Waals surface area contributed by atoms with Gasteiger partial charge in [0.15, 0.2) is 0 Å². The molecule has 0 spiro atoms. The number of para-hydroxylation sites is 1. The van der Waals surface area contributed by atoms with Crippen molar-refractivity contribution in [2.24, 2.45) is 0 Å². The van der Waals surface area contributed by atoms with Crippen molar-refractivity contribution in [2.75, 3.05) is 30.8 Å². The molecule has 168 valence electrons. The van der Waals surface area contributed by atoms with Gasteiger partial charge in [-0.05, 0) is 49.7 Å². The summed E-state index contributed by atoms with van der Waals surface area (Å²) in [4.78, 5) is 11.9. The largest absolute Gasteiger partial charge is 0.495 e. The molecular formula is C27H28N4O2. The van der Waals surface area contributed by atoms with Crippen molar-refractivity contribution < 1.29 is 9.47 Å². The Kier molecular flexibility index (Phi) is 5.60. The predicted octanol–water partition coefficient (Wildman–Crippen LogP) is 5.17. The second kappa shape index (κ2) is 8.71. The molecule has 2 atom stereocenters. The van der Waals surface area contributed by atoms with E-state index in [0.717, 1.165) is 63.5 Å². The number of ether oxygens (including phenoxy) is 2. The fourth-order valence-electron chi connectivity index (χ4n) is 4.62. The van der Waals surface area contributed by atoms with Gasteiger partial charge in [0.25, 0.3) is 0 Å². The van der Waals surface area contributed by atoms with Gasteiger partial charge in [-0.15, -0.1) is 0 Å². The number of nitrogens with two attached hydrogens (primary N) is 1. The molecule has 0 radical (unpaired) electrons. The van der Waals surface area contributed by atoms with Crippen LogP contribution < -0.4 is 15.4 Å². The van der Waals surface area contributed by atoms with Gasteiger partial charge in [-0.1, -0.05) is 24.3 Å². The first-order valence-corrected chi connectivity index (χ1v) is 11.2. The minimum atomic E-state index is 0.190. The van der Waals surface area contributed by atoms with Gasteiger partial charge in [0, 0.05) is 53.2 Å². The molecule has 2 aromatic heterocycles. The summed E-state index contributed by atoms with van der Waals surface area (Å²) >= 11 is 0. The normalized spacial score (nSPS) is 18.5. The number of hydrogen-bond acceptors (Lipinski definition) is 6. The van der Waals surface area contributed by atoms with E-state index in [1.807, 2.05) is 48.8 Å². The van der Waals surface area contributed by atoms with E-state index in [1.54, 1.807) is 7.11 Å². The minimum absolute atomic E-state index is 0.190. The van der Waals surface area contributed by atoms with Gasteiger partial charge in [0.2, 0.25) is 0 Å². The van der Waals surface area contributed by atoms with Crippen LogP contribution in [-0.2, 0) is 4.74 Å². The van der Waals surface area contributed by atoms with Gasteiger partial charge in [-0.3, -0.25) is 4.98 Å². The molecule has 1 aliphatic rings. The molecule has 33 heavy (non-hydrogen) atoms. The summed E-state index contributed by atoms with van der Waals surface area (Å²) in [6, 6.07) is 18.1. The van der Waals surface area contributed by atoms with E-state index in [0.29, 0.717) is 0 Å². The molecule has 0 saturated carbocycles. The molecule has 5 rings (SSSR count). The number of nitrogens with zero attached hydrogens (tertiary/aromatic N) is 3. The van der Waals surface area contributed by atoms with Crippen molar-refractivity contribution >= 4 is 22.4 Å². The van der Waals surface area contributed by atoms with E-state index in [2.05, 4.69) is 36.9 Å². The Balaban J connectivity index is 1.53. The first-order chi connectivity index (χ1) is 16.0. The Bertz CT molecular complexity index is 1260. The predicted molar refractivity (Wildman–Crippen MR) is 134 cm³/mol. The van der Waals surface area contributed by atoms with Crippen molar-refractivity contribution in [1.29, 1.82) is 0 Å². The first-order valence-electron chi connectivity index (χ1n) is 11.2. The summed E-state index contributed by atoms with van der Waals surface area (Å²) in [6.45, 7) is 5.87. The van der Waals surface area contributed by atoms with Gasteiger partial charge < -0.3 is 20.1 Å². The number of aromatic nitrogens is 2. The number of methoxy groups -OCH3 is 1. The lowest BCUT2D eigenvalue weighted by Crippen LogP contribution is -2.45. The zero-order valence-electron chi connectivity index (χ0n) is 19.2. The minimum Gasteiger partial charge on any atom is -0.495 e. The number of morpholine rings is 1. The number of fused-ring (bicyclic) bond motifs is 1. The summed E-state index contributed by atoms with van der Waals surface area (Å²) in [5, 5.41) is 0.962. The van der Waals surface area contributed by atoms with E-state index in [-0.39, 0.29) is 12.2 Å². The molecule has 1 unspecified atom stereocenters. The number of rotatable bonds is 4. The van der Waals surface area contributed by atoms with Crippen molar-refractivity contribution in [1.82, 2.24) is 9.97 Å². The number of hydrogen-bond donors (Lipinski definition) is 1. The lowest BCUT2D eigenvalue weighted by Gasteiger charge is -2.36. The molecule has 0 aliphatic carbocycles. The third kappa shape index (κ3) is 4.10. The maximum absolute atomic E-state index is 5.88. The second-order valence-corrected chi connectivity index (χ2v) is 8.60. The lowest BCUT2D eigenvalue weighted by atomic mass is 9.99. The quantitative estimate of drug-likeness (QED) is 0.442. The Hall–Kier alpha value is -3.64. The molecule has 2 N–H and O–H groups in total. The van der Waals surface area contributed by atoms with Crippen molar-refractivity contribution in [3.8, 4) is 28.0 Å². The molecule has 4 aromatic rings. The lowest BCUT2D eigenvalue weighted by molar-refractivity contribution is -0.00545. The van der Waals surface area contributed by atoms with Gasteiger partial charge in [-0.2, -0.15) is 0 Å². The van der Waals surface area contributed by atoms with Crippen LogP contribution in [0.4, 0.5) is 11.5 Å². The fraction of sp³-hybridized carbons (Fsp3) is 0.259. The maximum atomic E-state index is 5.88. The highest BCUT2D eigenvalue weighted by Crippen LogP contribution is 2.39. The molecule has 1 fully saturated rings. The van der Waals surface area contributed by atoms with Crippen LogP contribution >= 0.6 is 0 Å². The molecular weight excluding hydrogens is 412 g/mol. The van der Waals surface area contributed by atoms with Gasteiger partial charge >= 0.3 is 0 Å². The van der Waals surface area contributed by atoms with E-state index in [9.17, 15) is 0 Å².